The lowest BCUT2D eigenvalue weighted by Gasteiger charge is -2.03. The molecule has 1 aromatic carbocycles. The molecule has 0 amide bonds. The number of hydrogen-bond donors (Lipinski definition) is 0. The number of benzene rings is 1. The van der Waals surface area contributed by atoms with Gasteiger partial charge in [-0.15, -0.1) is 4.63 Å². The van der Waals surface area contributed by atoms with Gasteiger partial charge in [0.05, 0.1) is 10.2 Å². The Kier molecular flexibility index (Phi) is 5.18. The summed E-state index contributed by atoms with van der Waals surface area (Å²) in [7, 11) is 0. The van der Waals surface area contributed by atoms with Crippen molar-refractivity contribution in [1.82, 2.24) is 20.0 Å². The van der Waals surface area contributed by atoms with E-state index in [1.54, 1.807) is 0 Å². The second-order valence-electron chi connectivity index (χ2n) is 3.90. The molecule has 2 aromatic heterocycles. The van der Waals surface area contributed by atoms with Crippen LogP contribution in [0.1, 0.15) is 13.8 Å². The summed E-state index contributed by atoms with van der Waals surface area (Å²) >= 11 is 2.97. The van der Waals surface area contributed by atoms with Gasteiger partial charge in [-0.2, -0.15) is 0 Å². The summed E-state index contributed by atoms with van der Waals surface area (Å²) in [5, 5.41) is 20.7. The molecule has 10 nitrogen and oxygen atoms in total. The van der Waals surface area contributed by atoms with Gasteiger partial charge in [-0.3, -0.25) is 4.52 Å². The zero-order chi connectivity index (χ0) is 17.9. The first-order chi connectivity index (χ1) is 11.5. The third-order valence-corrected chi connectivity index (χ3v) is 3.23. The molecule has 0 N–H and O–H groups in total. The molecule has 0 saturated carbocycles. The van der Waals surface area contributed by atoms with Crippen molar-refractivity contribution >= 4 is 21.7 Å². The highest BCUT2D eigenvalue weighted by Crippen LogP contribution is 2.26. The van der Waals surface area contributed by atoms with Crippen molar-refractivity contribution in [1.29, 1.82) is 0 Å². The standard InChI is InChI=1S/C10H3BrFN5O5.C2H6/c11-5-3-4(1-2-6(5)12)16-8(14-21-10(16)18)7-9(17(19)20)15-22-13-7;1-2/h1-3H;1-2H3. The number of aromatic nitrogens is 4. The second kappa shape index (κ2) is 7.12. The van der Waals surface area contributed by atoms with Crippen molar-refractivity contribution in [3.8, 4) is 17.2 Å². The number of hydrogen-bond acceptors (Lipinski definition) is 8. The molecular weight excluding hydrogens is 393 g/mol. The first-order valence-corrected chi connectivity index (χ1v) is 7.30. The fourth-order valence-electron chi connectivity index (χ4n) is 1.70. The summed E-state index contributed by atoms with van der Waals surface area (Å²) in [5.41, 5.74) is -0.233. The molecule has 0 aliphatic carbocycles. The maximum atomic E-state index is 13.3. The van der Waals surface area contributed by atoms with Crippen molar-refractivity contribution < 1.29 is 18.5 Å². The van der Waals surface area contributed by atoms with Gasteiger partial charge in [0.25, 0.3) is 5.69 Å². The van der Waals surface area contributed by atoms with E-state index in [4.69, 9.17) is 0 Å². The van der Waals surface area contributed by atoms with E-state index < -0.39 is 28.0 Å². The topological polar surface area (TPSA) is 130 Å². The summed E-state index contributed by atoms with van der Waals surface area (Å²) in [5.74, 6) is -2.52. The van der Waals surface area contributed by atoms with Gasteiger partial charge in [-0.05, 0) is 44.2 Å². The molecule has 2 heterocycles. The van der Waals surface area contributed by atoms with E-state index in [2.05, 4.69) is 40.6 Å². The largest absolute Gasteiger partial charge is 0.446 e. The van der Waals surface area contributed by atoms with Crippen molar-refractivity contribution in [2.24, 2.45) is 0 Å². The predicted molar refractivity (Wildman–Crippen MR) is 81.1 cm³/mol. The minimum absolute atomic E-state index is 0.0804. The molecule has 126 valence electrons. The Labute approximate surface area is 141 Å². The van der Waals surface area contributed by atoms with Crippen LogP contribution in [0.5, 0.6) is 0 Å². The Morgan fingerprint density at radius 3 is 2.62 bits per heavy atom. The van der Waals surface area contributed by atoms with Gasteiger partial charge in [0.2, 0.25) is 5.82 Å². The van der Waals surface area contributed by atoms with E-state index in [0.717, 1.165) is 10.6 Å². The summed E-state index contributed by atoms with van der Waals surface area (Å²) in [6, 6.07) is 3.64. The van der Waals surface area contributed by atoms with E-state index in [0.29, 0.717) is 0 Å². The van der Waals surface area contributed by atoms with E-state index >= 15 is 0 Å². The van der Waals surface area contributed by atoms with Gasteiger partial charge >= 0.3 is 11.6 Å². The van der Waals surface area contributed by atoms with Crippen molar-refractivity contribution in [3.63, 3.8) is 0 Å². The first kappa shape index (κ1) is 17.5. The molecule has 0 radical (unpaired) electrons. The van der Waals surface area contributed by atoms with E-state index in [-0.39, 0.29) is 16.0 Å². The molecule has 0 fully saturated rings. The van der Waals surface area contributed by atoms with Gasteiger partial charge in [0.15, 0.2) is 5.16 Å². The molecule has 0 aliphatic heterocycles. The molecule has 3 aromatic rings. The quantitative estimate of drug-likeness (QED) is 0.483. The minimum Gasteiger partial charge on any atom is -0.358 e. The highest BCUT2D eigenvalue weighted by Gasteiger charge is 2.30. The van der Waals surface area contributed by atoms with Crippen molar-refractivity contribution in [2.45, 2.75) is 13.8 Å². The van der Waals surface area contributed by atoms with Crippen LogP contribution in [0.25, 0.3) is 17.2 Å². The van der Waals surface area contributed by atoms with E-state index in [9.17, 15) is 19.3 Å². The monoisotopic (exact) mass is 401 g/mol. The van der Waals surface area contributed by atoms with Crippen LogP contribution in [0.15, 0.2) is 36.6 Å². The fraction of sp³-hybridized carbons (Fsp3) is 0.167. The highest BCUT2D eigenvalue weighted by molar-refractivity contribution is 9.10. The lowest BCUT2D eigenvalue weighted by molar-refractivity contribution is -0.390. The maximum Gasteiger partial charge on any atom is 0.446 e. The maximum absolute atomic E-state index is 13.3. The third kappa shape index (κ3) is 3.08. The summed E-state index contributed by atoms with van der Waals surface area (Å²) < 4.78 is 23.0. The lowest BCUT2D eigenvalue weighted by Crippen LogP contribution is -2.13. The Balaban J connectivity index is 0.00000100. The summed E-state index contributed by atoms with van der Waals surface area (Å²) in [4.78, 5) is 21.8. The van der Waals surface area contributed by atoms with Gasteiger partial charge in [0.1, 0.15) is 5.82 Å². The number of nitrogens with zero attached hydrogens (tertiary/aromatic N) is 5. The molecule has 0 saturated heterocycles. The Bertz CT molecular complexity index is 934. The molecule has 3 rings (SSSR count). The van der Waals surface area contributed by atoms with E-state index in [1.165, 1.54) is 12.1 Å². The molecule has 0 atom stereocenters. The number of rotatable bonds is 3. The molecular formula is C12H9BrFN5O5. The van der Waals surface area contributed by atoms with Crippen LogP contribution in [0, 0.1) is 15.9 Å². The lowest BCUT2D eigenvalue weighted by atomic mass is 10.3. The summed E-state index contributed by atoms with van der Waals surface area (Å²) in [6.07, 6.45) is 0. The van der Waals surface area contributed by atoms with Gasteiger partial charge in [0, 0.05) is 0 Å². The molecule has 0 bridgehead atoms. The Hall–Kier alpha value is -2.89. The van der Waals surface area contributed by atoms with Crippen LogP contribution in [0.2, 0.25) is 0 Å². The first-order valence-electron chi connectivity index (χ1n) is 6.50. The minimum atomic E-state index is -0.939. The number of halogens is 2. The SMILES string of the molecule is CC.O=c1onc(-c2nonc2[N+](=O)[O-])n1-c1ccc(F)c(Br)c1. The van der Waals surface area contributed by atoms with Gasteiger partial charge in [-0.25, -0.2) is 13.8 Å². The molecule has 0 unspecified atom stereocenters. The highest BCUT2D eigenvalue weighted by atomic mass is 79.9. The number of nitro groups is 1. The average molecular weight is 402 g/mol. The van der Waals surface area contributed by atoms with Crippen LogP contribution in [-0.2, 0) is 0 Å². The van der Waals surface area contributed by atoms with Gasteiger partial charge < -0.3 is 10.1 Å². The zero-order valence-corrected chi connectivity index (χ0v) is 13.9. The normalized spacial score (nSPS) is 10.2. The van der Waals surface area contributed by atoms with Crippen LogP contribution in [0.4, 0.5) is 10.2 Å². The molecule has 0 aliphatic rings. The van der Waals surface area contributed by atoms with Gasteiger partial charge in [-0.1, -0.05) is 19.0 Å². The van der Waals surface area contributed by atoms with Crippen LogP contribution in [0.3, 0.4) is 0 Å². The summed E-state index contributed by atoms with van der Waals surface area (Å²) in [6.45, 7) is 4.00. The Morgan fingerprint density at radius 1 is 1.29 bits per heavy atom. The average Bonchev–Trinajstić information content (AvgIpc) is 3.18. The molecule has 0 spiro atoms. The van der Waals surface area contributed by atoms with Crippen LogP contribution < -0.4 is 5.76 Å². The molecule has 12 heteroatoms. The fourth-order valence-corrected chi connectivity index (χ4v) is 2.06. The Morgan fingerprint density at radius 2 is 2.00 bits per heavy atom. The third-order valence-electron chi connectivity index (χ3n) is 2.62. The van der Waals surface area contributed by atoms with Crippen molar-refractivity contribution in [2.75, 3.05) is 0 Å². The second-order valence-corrected chi connectivity index (χ2v) is 4.75. The van der Waals surface area contributed by atoms with Crippen LogP contribution in [-0.4, -0.2) is 25.0 Å². The van der Waals surface area contributed by atoms with Crippen LogP contribution >= 0.6 is 15.9 Å². The van der Waals surface area contributed by atoms with Crippen molar-refractivity contribution in [3.05, 3.63) is 49.2 Å². The smallest absolute Gasteiger partial charge is 0.358 e. The zero-order valence-electron chi connectivity index (χ0n) is 12.3. The molecule has 24 heavy (non-hydrogen) atoms. The van der Waals surface area contributed by atoms with E-state index in [1.807, 2.05) is 13.8 Å². The predicted octanol–water partition coefficient (Wildman–Crippen LogP) is 2.71.